The van der Waals surface area contributed by atoms with Gasteiger partial charge in [0.2, 0.25) is 5.91 Å². The summed E-state index contributed by atoms with van der Waals surface area (Å²) in [7, 11) is 0. The summed E-state index contributed by atoms with van der Waals surface area (Å²) in [4.78, 5) is 23.9. The van der Waals surface area contributed by atoms with E-state index < -0.39 is 0 Å². The highest BCUT2D eigenvalue weighted by Crippen LogP contribution is 2.13. The molecule has 0 fully saturated rings. The summed E-state index contributed by atoms with van der Waals surface area (Å²) in [6.45, 7) is 6.56. The van der Waals surface area contributed by atoms with Gasteiger partial charge in [-0.1, -0.05) is 25.5 Å². The summed E-state index contributed by atoms with van der Waals surface area (Å²) in [5, 5.41) is 3.29. The van der Waals surface area contributed by atoms with Crippen LogP contribution in [0.4, 0.5) is 0 Å². The second-order valence-electron chi connectivity index (χ2n) is 5.49. The Balaban J connectivity index is 2.25. The summed E-state index contributed by atoms with van der Waals surface area (Å²) in [5.41, 5.74) is 1.78. The molecule has 0 saturated carbocycles. The third-order valence-corrected chi connectivity index (χ3v) is 3.05. The smallest absolute Gasteiger partial charge is 0.244 e. The van der Waals surface area contributed by atoms with E-state index in [9.17, 15) is 9.59 Å². The van der Waals surface area contributed by atoms with Gasteiger partial charge < -0.3 is 9.73 Å². The zero-order valence-electron chi connectivity index (χ0n) is 12.5. The summed E-state index contributed by atoms with van der Waals surface area (Å²) in [6.07, 6.45) is 4.23. The van der Waals surface area contributed by atoms with Gasteiger partial charge in [0.1, 0.15) is 11.8 Å². The quantitative estimate of drug-likeness (QED) is 0.879. The maximum Gasteiger partial charge on any atom is 0.244 e. The maximum atomic E-state index is 12.3. The highest BCUT2D eigenvalue weighted by molar-refractivity contribution is 5.92. The van der Waals surface area contributed by atoms with E-state index in [1.807, 2.05) is 26.8 Å². The molecule has 1 amide bonds. The van der Waals surface area contributed by atoms with E-state index in [2.05, 4.69) is 5.32 Å². The van der Waals surface area contributed by atoms with Crippen molar-refractivity contribution in [3.05, 3.63) is 51.9 Å². The molecule has 0 aliphatic heterocycles. The average Bonchev–Trinajstić information content (AvgIpc) is 2.45. The Kier molecular flexibility index (Phi) is 4.58. The van der Waals surface area contributed by atoms with Crippen LogP contribution in [-0.4, -0.2) is 12.5 Å². The molecule has 0 saturated heterocycles. The molecular formula is C17H19NO3. The Morgan fingerprint density at radius 2 is 2.14 bits per heavy atom. The fourth-order valence-corrected chi connectivity index (χ4v) is 1.90. The fraction of sp³-hybridized carbons (Fsp3) is 0.294. The van der Waals surface area contributed by atoms with Gasteiger partial charge in [0.25, 0.3) is 0 Å². The minimum absolute atomic E-state index is 0.132. The van der Waals surface area contributed by atoms with Crippen LogP contribution >= 0.6 is 0 Å². The van der Waals surface area contributed by atoms with Crippen LogP contribution < -0.4 is 10.7 Å². The van der Waals surface area contributed by atoms with Crippen LogP contribution in [0.15, 0.2) is 39.7 Å². The van der Waals surface area contributed by atoms with Gasteiger partial charge in [-0.25, -0.2) is 0 Å². The first-order valence-corrected chi connectivity index (χ1v) is 6.95. The van der Waals surface area contributed by atoms with Gasteiger partial charge in [0.15, 0.2) is 5.43 Å². The van der Waals surface area contributed by atoms with Crippen molar-refractivity contribution < 1.29 is 9.21 Å². The molecule has 0 aliphatic carbocycles. The Hall–Kier alpha value is -2.36. The number of carbonyl (C=O) groups is 1. The number of rotatable bonds is 4. The zero-order chi connectivity index (χ0) is 15.4. The Morgan fingerprint density at radius 1 is 1.38 bits per heavy atom. The molecule has 1 aromatic heterocycles. The SMILES string of the molecule is Cc1ccc2occ(/C=C/C(=O)NCC(C)C)c(=O)c2c1. The van der Waals surface area contributed by atoms with Crippen molar-refractivity contribution >= 4 is 23.0 Å². The Labute approximate surface area is 123 Å². The number of carbonyl (C=O) groups excluding carboxylic acids is 1. The molecule has 1 heterocycles. The fourth-order valence-electron chi connectivity index (χ4n) is 1.90. The van der Waals surface area contributed by atoms with E-state index in [0.29, 0.717) is 29.0 Å². The van der Waals surface area contributed by atoms with Crippen molar-refractivity contribution in [2.24, 2.45) is 5.92 Å². The molecule has 1 aromatic carbocycles. The number of fused-ring (bicyclic) bond motifs is 1. The molecular weight excluding hydrogens is 266 g/mol. The first-order valence-electron chi connectivity index (χ1n) is 6.95. The lowest BCUT2D eigenvalue weighted by Gasteiger charge is -2.04. The molecule has 0 radical (unpaired) electrons. The molecule has 2 aromatic rings. The number of hydrogen-bond donors (Lipinski definition) is 1. The lowest BCUT2D eigenvalue weighted by Crippen LogP contribution is -2.25. The summed E-state index contributed by atoms with van der Waals surface area (Å²) in [6, 6.07) is 5.45. The van der Waals surface area contributed by atoms with Crippen LogP contribution in [-0.2, 0) is 4.79 Å². The van der Waals surface area contributed by atoms with Crippen LogP contribution in [0.5, 0.6) is 0 Å². The zero-order valence-corrected chi connectivity index (χ0v) is 12.5. The van der Waals surface area contributed by atoms with E-state index in [0.717, 1.165) is 5.56 Å². The number of hydrogen-bond acceptors (Lipinski definition) is 3. The molecule has 0 bridgehead atoms. The van der Waals surface area contributed by atoms with Crippen LogP contribution in [0.2, 0.25) is 0 Å². The maximum absolute atomic E-state index is 12.3. The van der Waals surface area contributed by atoms with E-state index in [4.69, 9.17) is 4.42 Å². The van der Waals surface area contributed by atoms with Gasteiger partial charge in [0.05, 0.1) is 10.9 Å². The molecule has 4 heteroatoms. The van der Waals surface area contributed by atoms with E-state index in [1.54, 1.807) is 12.1 Å². The highest BCUT2D eigenvalue weighted by atomic mass is 16.3. The van der Waals surface area contributed by atoms with E-state index in [1.165, 1.54) is 18.4 Å². The lowest BCUT2D eigenvalue weighted by molar-refractivity contribution is -0.116. The second-order valence-corrected chi connectivity index (χ2v) is 5.49. The number of amides is 1. The highest BCUT2D eigenvalue weighted by Gasteiger charge is 2.05. The molecule has 110 valence electrons. The third-order valence-electron chi connectivity index (χ3n) is 3.05. The summed E-state index contributed by atoms with van der Waals surface area (Å²) >= 11 is 0. The molecule has 0 aliphatic rings. The van der Waals surface area contributed by atoms with E-state index >= 15 is 0 Å². The van der Waals surface area contributed by atoms with Gasteiger partial charge in [-0.2, -0.15) is 0 Å². The summed E-state index contributed by atoms with van der Waals surface area (Å²) < 4.78 is 5.43. The number of aryl methyl sites for hydroxylation is 1. The molecule has 4 nitrogen and oxygen atoms in total. The van der Waals surface area contributed by atoms with Gasteiger partial charge in [-0.15, -0.1) is 0 Å². The second kappa shape index (κ2) is 6.39. The molecule has 2 rings (SSSR count). The first kappa shape index (κ1) is 15.0. The molecule has 0 unspecified atom stereocenters. The first-order chi connectivity index (χ1) is 9.97. The molecule has 0 atom stereocenters. The van der Waals surface area contributed by atoms with E-state index in [-0.39, 0.29) is 11.3 Å². The van der Waals surface area contributed by atoms with Crippen molar-refractivity contribution in [2.45, 2.75) is 20.8 Å². The third kappa shape index (κ3) is 3.81. The number of benzene rings is 1. The monoisotopic (exact) mass is 285 g/mol. The van der Waals surface area contributed by atoms with Crippen molar-refractivity contribution in [1.29, 1.82) is 0 Å². The minimum Gasteiger partial charge on any atom is -0.463 e. The van der Waals surface area contributed by atoms with Crippen molar-refractivity contribution in [3.63, 3.8) is 0 Å². The topological polar surface area (TPSA) is 59.3 Å². The number of nitrogens with one attached hydrogen (secondary N) is 1. The minimum atomic E-state index is -0.215. The van der Waals surface area contributed by atoms with Crippen LogP contribution in [0.1, 0.15) is 25.0 Å². The largest absolute Gasteiger partial charge is 0.463 e. The normalized spacial score (nSPS) is 11.4. The van der Waals surface area contributed by atoms with Gasteiger partial charge in [0, 0.05) is 12.6 Å². The standard InChI is InChI=1S/C17H19NO3/c1-11(2)9-18-16(19)7-5-13-10-21-15-6-4-12(3)8-14(15)17(13)20/h4-8,10-11H,9H2,1-3H3,(H,18,19)/b7-5+. The Morgan fingerprint density at radius 3 is 2.86 bits per heavy atom. The van der Waals surface area contributed by atoms with Crippen molar-refractivity contribution in [3.8, 4) is 0 Å². The lowest BCUT2D eigenvalue weighted by atomic mass is 10.1. The average molecular weight is 285 g/mol. The predicted molar refractivity (Wildman–Crippen MR) is 84.1 cm³/mol. The summed E-state index contributed by atoms with van der Waals surface area (Å²) in [5.74, 6) is 0.170. The van der Waals surface area contributed by atoms with Gasteiger partial charge in [-0.05, 0) is 31.1 Å². The van der Waals surface area contributed by atoms with Crippen LogP contribution in [0.3, 0.4) is 0 Å². The molecule has 21 heavy (non-hydrogen) atoms. The van der Waals surface area contributed by atoms with Gasteiger partial charge in [-0.3, -0.25) is 9.59 Å². The molecule has 0 spiro atoms. The van der Waals surface area contributed by atoms with Crippen LogP contribution in [0, 0.1) is 12.8 Å². The van der Waals surface area contributed by atoms with Crippen molar-refractivity contribution in [1.82, 2.24) is 5.32 Å². The molecule has 1 N–H and O–H groups in total. The van der Waals surface area contributed by atoms with Crippen molar-refractivity contribution in [2.75, 3.05) is 6.54 Å². The Bertz CT molecular complexity index is 741. The van der Waals surface area contributed by atoms with Crippen LogP contribution in [0.25, 0.3) is 17.0 Å². The van der Waals surface area contributed by atoms with Gasteiger partial charge >= 0.3 is 0 Å². The predicted octanol–water partition coefficient (Wildman–Crippen LogP) is 2.89.